The molecule has 0 saturated carbocycles. The van der Waals surface area contributed by atoms with Crippen molar-refractivity contribution >= 4 is 16.9 Å². The number of hydrogen-bond acceptors (Lipinski definition) is 5. The Morgan fingerprint density at radius 2 is 2.04 bits per heavy atom. The zero-order valence-electron chi connectivity index (χ0n) is 13.0. The van der Waals surface area contributed by atoms with E-state index in [2.05, 4.69) is 10.1 Å². The Balaban J connectivity index is 1.53. The number of likely N-dealkylation sites (tertiary alicyclic amines) is 1. The monoisotopic (exact) mass is 323 g/mol. The highest BCUT2D eigenvalue weighted by atomic mass is 16.5. The lowest BCUT2D eigenvalue weighted by Crippen LogP contribution is -2.45. The average Bonchev–Trinajstić information content (AvgIpc) is 3.06. The van der Waals surface area contributed by atoms with Crippen LogP contribution in [0.1, 0.15) is 28.5 Å². The van der Waals surface area contributed by atoms with Crippen LogP contribution in [0, 0.1) is 0 Å². The SMILES string of the molecule is O=C(c1onc2ncccc12)N1CC[C@H](c2ccccc2)[C@H](O)C1. The third-order valence-electron chi connectivity index (χ3n) is 4.55. The highest BCUT2D eigenvalue weighted by Crippen LogP contribution is 2.29. The normalized spacial score (nSPS) is 21.1. The van der Waals surface area contributed by atoms with Crippen molar-refractivity contribution in [2.75, 3.05) is 13.1 Å². The Kier molecular flexibility index (Phi) is 3.74. The van der Waals surface area contributed by atoms with Crippen molar-refractivity contribution in [1.29, 1.82) is 0 Å². The molecule has 1 aromatic carbocycles. The maximum Gasteiger partial charge on any atom is 0.293 e. The number of carbonyl (C=O) groups excluding carboxylic acids is 1. The number of rotatable bonds is 2. The fourth-order valence-corrected chi connectivity index (χ4v) is 3.29. The van der Waals surface area contributed by atoms with Gasteiger partial charge >= 0.3 is 0 Å². The summed E-state index contributed by atoms with van der Waals surface area (Å²) in [6.07, 6.45) is 1.72. The molecule has 0 radical (unpaired) electrons. The maximum absolute atomic E-state index is 12.7. The van der Waals surface area contributed by atoms with Gasteiger partial charge in [0.1, 0.15) is 0 Å². The van der Waals surface area contributed by atoms with Crippen LogP contribution in [0.4, 0.5) is 0 Å². The van der Waals surface area contributed by atoms with E-state index >= 15 is 0 Å². The average molecular weight is 323 g/mol. The Morgan fingerprint density at radius 3 is 2.83 bits per heavy atom. The Morgan fingerprint density at radius 1 is 1.21 bits per heavy atom. The summed E-state index contributed by atoms with van der Waals surface area (Å²) in [6, 6.07) is 13.4. The van der Waals surface area contributed by atoms with Crippen LogP contribution in [0.15, 0.2) is 53.2 Å². The number of nitrogens with zero attached hydrogens (tertiary/aromatic N) is 3. The predicted molar refractivity (Wildman–Crippen MR) is 87.5 cm³/mol. The van der Waals surface area contributed by atoms with Crippen LogP contribution >= 0.6 is 0 Å². The van der Waals surface area contributed by atoms with Crippen molar-refractivity contribution in [1.82, 2.24) is 15.0 Å². The molecule has 2 aromatic heterocycles. The molecule has 1 fully saturated rings. The molecule has 6 heteroatoms. The minimum absolute atomic E-state index is 0.0448. The van der Waals surface area contributed by atoms with Gasteiger partial charge in [-0.05, 0) is 24.1 Å². The van der Waals surface area contributed by atoms with Crippen molar-refractivity contribution < 1.29 is 14.4 Å². The number of aromatic nitrogens is 2. The highest BCUT2D eigenvalue weighted by molar-refractivity contribution is 6.02. The second-order valence-corrected chi connectivity index (χ2v) is 6.01. The molecule has 0 aliphatic carbocycles. The molecule has 0 unspecified atom stereocenters. The van der Waals surface area contributed by atoms with Crippen LogP contribution < -0.4 is 0 Å². The lowest BCUT2D eigenvalue weighted by Gasteiger charge is -2.35. The molecule has 1 saturated heterocycles. The van der Waals surface area contributed by atoms with Gasteiger partial charge in [-0.1, -0.05) is 35.5 Å². The molecule has 122 valence electrons. The van der Waals surface area contributed by atoms with Gasteiger partial charge in [0.2, 0.25) is 11.4 Å². The molecule has 1 aliphatic heterocycles. The first-order chi connectivity index (χ1) is 11.7. The number of amides is 1. The van der Waals surface area contributed by atoms with Gasteiger partial charge in [-0.25, -0.2) is 4.98 Å². The number of aliphatic hydroxyl groups excluding tert-OH is 1. The third kappa shape index (κ3) is 2.55. The summed E-state index contributed by atoms with van der Waals surface area (Å²) in [7, 11) is 0. The van der Waals surface area contributed by atoms with Crippen molar-refractivity contribution in [3.63, 3.8) is 0 Å². The fraction of sp³-hybridized carbons (Fsp3) is 0.278. The van der Waals surface area contributed by atoms with Crippen molar-refractivity contribution in [3.05, 3.63) is 60.0 Å². The Hall–Kier alpha value is -2.73. The van der Waals surface area contributed by atoms with Gasteiger partial charge in [0.15, 0.2) is 0 Å². The molecule has 6 nitrogen and oxygen atoms in total. The van der Waals surface area contributed by atoms with Crippen LogP contribution in [0.5, 0.6) is 0 Å². The number of β-amino-alcohol motifs (C(OH)–C–C–N with tert-alkyl or cyclic N) is 1. The number of benzene rings is 1. The fourth-order valence-electron chi connectivity index (χ4n) is 3.29. The molecule has 3 heterocycles. The van der Waals surface area contributed by atoms with E-state index in [1.807, 2.05) is 30.3 Å². The standard InChI is InChI=1S/C18H17N3O3/c22-15-11-21(10-8-13(15)12-5-2-1-3-6-12)18(23)16-14-7-4-9-19-17(14)20-24-16/h1-7,9,13,15,22H,8,10-11H2/t13-,15-/m1/s1. The van der Waals surface area contributed by atoms with Gasteiger partial charge in [-0.15, -0.1) is 0 Å². The summed E-state index contributed by atoms with van der Waals surface area (Å²) < 4.78 is 5.19. The lowest BCUT2D eigenvalue weighted by atomic mass is 9.87. The third-order valence-corrected chi connectivity index (χ3v) is 4.55. The van der Waals surface area contributed by atoms with Gasteiger partial charge in [0.25, 0.3) is 5.91 Å². The zero-order valence-corrected chi connectivity index (χ0v) is 13.0. The first-order valence-corrected chi connectivity index (χ1v) is 7.97. The van der Waals surface area contributed by atoms with Crippen molar-refractivity contribution in [2.45, 2.75) is 18.4 Å². The topological polar surface area (TPSA) is 79.5 Å². The number of aliphatic hydroxyl groups is 1. The van der Waals surface area contributed by atoms with Gasteiger partial charge in [-0.2, -0.15) is 0 Å². The van der Waals surface area contributed by atoms with Crippen LogP contribution in [-0.2, 0) is 0 Å². The van der Waals surface area contributed by atoms with Crippen LogP contribution in [-0.4, -0.2) is 45.2 Å². The first kappa shape index (κ1) is 14.8. The van der Waals surface area contributed by atoms with Crippen molar-refractivity contribution in [2.24, 2.45) is 0 Å². The summed E-state index contributed by atoms with van der Waals surface area (Å²) in [6.45, 7) is 0.846. The van der Waals surface area contributed by atoms with Gasteiger partial charge < -0.3 is 14.5 Å². The molecular formula is C18H17N3O3. The van der Waals surface area contributed by atoms with E-state index in [4.69, 9.17) is 4.52 Å². The smallest absolute Gasteiger partial charge is 0.293 e. The summed E-state index contributed by atoms with van der Waals surface area (Å²) in [5.74, 6) is -0.0251. The Labute approximate surface area is 138 Å². The molecule has 1 amide bonds. The molecule has 2 atom stereocenters. The number of piperidine rings is 1. The van der Waals surface area contributed by atoms with Crippen LogP contribution in [0.3, 0.4) is 0 Å². The quantitative estimate of drug-likeness (QED) is 0.782. The summed E-state index contributed by atoms with van der Waals surface area (Å²) in [4.78, 5) is 18.4. The van der Waals surface area contributed by atoms with E-state index in [0.717, 1.165) is 5.56 Å². The molecule has 0 bridgehead atoms. The van der Waals surface area contributed by atoms with Crippen molar-refractivity contribution in [3.8, 4) is 0 Å². The van der Waals surface area contributed by atoms with E-state index in [1.165, 1.54) is 0 Å². The van der Waals surface area contributed by atoms with E-state index in [0.29, 0.717) is 24.0 Å². The molecule has 24 heavy (non-hydrogen) atoms. The number of carbonyl (C=O) groups is 1. The second-order valence-electron chi connectivity index (χ2n) is 6.01. The molecule has 1 N–H and O–H groups in total. The van der Waals surface area contributed by atoms with Gasteiger partial charge in [0.05, 0.1) is 11.5 Å². The van der Waals surface area contributed by atoms with Crippen LogP contribution in [0.25, 0.3) is 11.0 Å². The first-order valence-electron chi connectivity index (χ1n) is 7.97. The summed E-state index contributed by atoms with van der Waals surface area (Å²) >= 11 is 0. The number of pyridine rings is 1. The predicted octanol–water partition coefficient (Wildman–Crippen LogP) is 2.21. The minimum Gasteiger partial charge on any atom is -0.391 e. The highest BCUT2D eigenvalue weighted by Gasteiger charge is 2.33. The minimum atomic E-state index is -0.600. The maximum atomic E-state index is 12.7. The molecule has 0 spiro atoms. The number of fused-ring (bicyclic) bond motifs is 1. The number of hydrogen-bond donors (Lipinski definition) is 1. The van der Waals surface area contributed by atoms with E-state index in [1.54, 1.807) is 23.2 Å². The zero-order chi connectivity index (χ0) is 16.5. The molecule has 1 aliphatic rings. The summed E-state index contributed by atoms with van der Waals surface area (Å²) in [5.41, 5.74) is 1.52. The van der Waals surface area contributed by atoms with E-state index < -0.39 is 6.10 Å². The van der Waals surface area contributed by atoms with Crippen LogP contribution in [0.2, 0.25) is 0 Å². The lowest BCUT2D eigenvalue weighted by molar-refractivity contribution is 0.0356. The molecule has 4 rings (SSSR count). The summed E-state index contributed by atoms with van der Waals surface area (Å²) in [5, 5.41) is 14.9. The van der Waals surface area contributed by atoms with E-state index in [9.17, 15) is 9.90 Å². The Bertz CT molecular complexity index is 862. The molecule has 3 aromatic rings. The second kappa shape index (κ2) is 6.05. The van der Waals surface area contributed by atoms with Gasteiger partial charge in [-0.3, -0.25) is 4.79 Å². The van der Waals surface area contributed by atoms with Gasteiger partial charge in [0, 0.05) is 25.2 Å². The molecular weight excluding hydrogens is 306 g/mol. The van der Waals surface area contributed by atoms with E-state index in [-0.39, 0.29) is 24.1 Å². The largest absolute Gasteiger partial charge is 0.391 e.